The topological polar surface area (TPSA) is 36.9 Å². The first-order valence-electron chi connectivity index (χ1n) is 13.7. The maximum Gasteiger partial charge on any atom is 0.250 e. The molecule has 0 N–H and O–H groups in total. The summed E-state index contributed by atoms with van der Waals surface area (Å²) in [5, 5.41) is 2.33. The lowest BCUT2D eigenvalue weighted by atomic mass is 10.0. The van der Waals surface area contributed by atoms with E-state index in [0.29, 0.717) is 0 Å². The van der Waals surface area contributed by atoms with Gasteiger partial charge in [-0.05, 0) is 78.3 Å². The smallest absolute Gasteiger partial charge is 0.250 e. The molecule has 0 fully saturated rings. The van der Waals surface area contributed by atoms with Crippen LogP contribution in [0.3, 0.4) is 0 Å². The van der Waals surface area contributed by atoms with Gasteiger partial charge in [0.2, 0.25) is 0 Å². The van der Waals surface area contributed by atoms with Crippen molar-refractivity contribution in [3.05, 3.63) is 35.9 Å². The van der Waals surface area contributed by atoms with Gasteiger partial charge in [-0.1, -0.05) is 67.0 Å². The Balaban J connectivity index is 2.50. The van der Waals surface area contributed by atoms with E-state index in [-0.39, 0.29) is 16.2 Å². The van der Waals surface area contributed by atoms with Crippen molar-refractivity contribution in [2.45, 2.75) is 110 Å². The van der Waals surface area contributed by atoms with E-state index in [1.165, 1.54) is 0 Å². The van der Waals surface area contributed by atoms with Crippen LogP contribution in [0, 0.1) is 0 Å². The molecule has 0 saturated carbocycles. The molecule has 0 aliphatic rings. The number of benzene rings is 2. The van der Waals surface area contributed by atoms with Gasteiger partial charge in [0.05, 0.1) is 19.6 Å². The van der Waals surface area contributed by atoms with Crippen molar-refractivity contribution in [2.24, 2.45) is 0 Å². The minimum atomic E-state index is -2.07. The molecular formula is C31H52O4Si2. The summed E-state index contributed by atoms with van der Waals surface area (Å²) in [6, 6.07) is 8.36. The Labute approximate surface area is 229 Å². The van der Waals surface area contributed by atoms with Gasteiger partial charge >= 0.3 is 0 Å². The predicted octanol–water partition coefficient (Wildman–Crippen LogP) is 9.83. The molecule has 0 aromatic heterocycles. The summed E-state index contributed by atoms with van der Waals surface area (Å²) in [4.78, 5) is 0. The van der Waals surface area contributed by atoms with Gasteiger partial charge in [-0.3, -0.25) is 0 Å². The second kappa shape index (κ2) is 12.0. The summed E-state index contributed by atoms with van der Waals surface area (Å²) in [7, 11) is -0.506. The van der Waals surface area contributed by atoms with Crippen LogP contribution in [0.15, 0.2) is 30.3 Å². The van der Waals surface area contributed by atoms with E-state index >= 15 is 0 Å². The largest absolute Gasteiger partial charge is 0.543 e. The molecule has 0 saturated heterocycles. The Morgan fingerprint density at radius 3 is 1.95 bits per heavy atom. The molecule has 0 amide bonds. The normalized spacial score (nSPS) is 14.3. The highest BCUT2D eigenvalue weighted by Crippen LogP contribution is 2.44. The zero-order chi connectivity index (χ0) is 28.2. The van der Waals surface area contributed by atoms with E-state index in [1.54, 1.807) is 14.2 Å². The summed E-state index contributed by atoms with van der Waals surface area (Å²) in [5.74, 6) is 2.42. The van der Waals surface area contributed by atoms with Gasteiger partial charge in [0, 0.05) is 12.2 Å². The Hall–Kier alpha value is -1.77. The fraction of sp³-hybridized carbons (Fsp3) is 0.613. The summed E-state index contributed by atoms with van der Waals surface area (Å²) < 4.78 is 25.0. The molecule has 37 heavy (non-hydrogen) atoms. The lowest BCUT2D eigenvalue weighted by molar-refractivity contribution is 0.173. The lowest BCUT2D eigenvalue weighted by Gasteiger charge is -2.39. The quantitative estimate of drug-likeness (QED) is 0.264. The van der Waals surface area contributed by atoms with Gasteiger partial charge in [-0.2, -0.15) is 0 Å². The molecule has 208 valence electrons. The van der Waals surface area contributed by atoms with Crippen LogP contribution in [0.4, 0.5) is 0 Å². The highest BCUT2D eigenvalue weighted by Gasteiger charge is 2.40. The molecule has 1 unspecified atom stereocenters. The molecule has 4 nitrogen and oxygen atoms in total. The molecule has 2 aromatic carbocycles. The van der Waals surface area contributed by atoms with E-state index < -0.39 is 16.6 Å². The van der Waals surface area contributed by atoms with Crippen molar-refractivity contribution >= 4 is 33.5 Å². The van der Waals surface area contributed by atoms with Crippen molar-refractivity contribution in [2.75, 3.05) is 14.2 Å². The first-order valence-corrected chi connectivity index (χ1v) is 19.5. The van der Waals surface area contributed by atoms with Gasteiger partial charge in [-0.25, -0.2) is 0 Å². The molecule has 0 heterocycles. The van der Waals surface area contributed by atoms with E-state index in [0.717, 1.165) is 52.8 Å². The molecule has 2 aromatic rings. The summed E-state index contributed by atoms with van der Waals surface area (Å²) in [6.07, 6.45) is 7.81. The van der Waals surface area contributed by atoms with E-state index in [1.807, 2.05) is 6.07 Å². The van der Waals surface area contributed by atoms with Crippen LogP contribution < -0.4 is 13.9 Å². The average molecular weight is 545 g/mol. The zero-order valence-corrected chi connectivity index (χ0v) is 27.8. The maximum absolute atomic E-state index is 6.87. The SMILES string of the molecule is CCCC(C/C=C\c1cc(O[Si](C)(C)C(C)(C)C)c2c(OC)cc(OC)cc2c1)O[Si](C)(C)C(C)(C)C. The van der Waals surface area contributed by atoms with Gasteiger partial charge in [-0.15, -0.1) is 0 Å². The first-order chi connectivity index (χ1) is 17.0. The highest BCUT2D eigenvalue weighted by atomic mass is 28.4. The third-order valence-corrected chi connectivity index (χ3v) is 17.1. The standard InChI is InChI=1S/C31H52O4Si2/c1-14-16-25(34-36(10,11)30(2,3)4)18-15-17-23-19-24-21-26(32-8)22-27(33-9)29(24)28(20-23)35-37(12,13)31(5,6)7/h15,17,19-22,25H,14,16,18H2,1-13H3/b17-15-. The number of hydrogen-bond acceptors (Lipinski definition) is 4. The fourth-order valence-corrected chi connectivity index (χ4v) is 6.23. The summed E-state index contributed by atoms with van der Waals surface area (Å²) >= 11 is 0. The van der Waals surface area contributed by atoms with Gasteiger partial charge in [0.25, 0.3) is 8.32 Å². The lowest BCUT2D eigenvalue weighted by Crippen LogP contribution is -2.43. The molecular weight excluding hydrogens is 493 g/mol. The Kier molecular flexibility index (Phi) is 10.2. The second-order valence-corrected chi connectivity index (χ2v) is 22.7. The van der Waals surface area contributed by atoms with Crippen LogP contribution in [0.2, 0.25) is 36.3 Å². The van der Waals surface area contributed by atoms with Crippen molar-refractivity contribution in [3.63, 3.8) is 0 Å². The summed E-state index contributed by atoms with van der Waals surface area (Å²) in [5.41, 5.74) is 1.11. The first kappa shape index (κ1) is 31.5. The molecule has 6 heteroatoms. The van der Waals surface area contributed by atoms with E-state index in [4.69, 9.17) is 18.3 Å². The van der Waals surface area contributed by atoms with E-state index in [9.17, 15) is 0 Å². The molecule has 0 radical (unpaired) electrons. The van der Waals surface area contributed by atoms with Crippen LogP contribution in [0.5, 0.6) is 17.2 Å². The number of ether oxygens (including phenoxy) is 2. The molecule has 1 atom stereocenters. The fourth-order valence-electron chi connectivity index (χ4n) is 3.81. The highest BCUT2D eigenvalue weighted by molar-refractivity contribution is 6.75. The van der Waals surface area contributed by atoms with Crippen LogP contribution in [-0.2, 0) is 4.43 Å². The van der Waals surface area contributed by atoms with Crippen LogP contribution in [0.1, 0.15) is 73.3 Å². The molecule has 0 bridgehead atoms. The minimum absolute atomic E-state index is 0.0827. The van der Waals surface area contributed by atoms with Gasteiger partial charge in [0.15, 0.2) is 8.32 Å². The van der Waals surface area contributed by atoms with Gasteiger partial charge < -0.3 is 18.3 Å². The van der Waals surface area contributed by atoms with Crippen LogP contribution in [0.25, 0.3) is 16.8 Å². The second-order valence-electron chi connectivity index (χ2n) is 13.2. The van der Waals surface area contributed by atoms with E-state index in [2.05, 4.69) is 105 Å². The number of methoxy groups -OCH3 is 2. The van der Waals surface area contributed by atoms with Crippen molar-refractivity contribution in [1.29, 1.82) is 0 Å². The molecule has 0 spiro atoms. The number of fused-ring (bicyclic) bond motifs is 1. The number of hydrogen-bond donors (Lipinski definition) is 0. The minimum Gasteiger partial charge on any atom is -0.543 e. The van der Waals surface area contributed by atoms with Crippen LogP contribution >= 0.6 is 0 Å². The van der Waals surface area contributed by atoms with Crippen LogP contribution in [-0.4, -0.2) is 37.0 Å². The third kappa shape index (κ3) is 7.87. The van der Waals surface area contributed by atoms with Crippen molar-refractivity contribution in [1.82, 2.24) is 0 Å². The monoisotopic (exact) mass is 544 g/mol. The number of rotatable bonds is 11. The van der Waals surface area contributed by atoms with Crippen molar-refractivity contribution in [3.8, 4) is 17.2 Å². The average Bonchev–Trinajstić information content (AvgIpc) is 2.76. The third-order valence-electron chi connectivity index (χ3n) is 8.19. The zero-order valence-electron chi connectivity index (χ0n) is 25.8. The Morgan fingerprint density at radius 1 is 0.811 bits per heavy atom. The Morgan fingerprint density at radius 2 is 1.43 bits per heavy atom. The molecule has 0 aliphatic carbocycles. The van der Waals surface area contributed by atoms with Crippen molar-refractivity contribution < 1.29 is 18.3 Å². The van der Waals surface area contributed by atoms with Gasteiger partial charge in [0.1, 0.15) is 17.2 Å². The molecule has 0 aliphatic heterocycles. The maximum atomic E-state index is 6.87. The predicted molar refractivity (Wildman–Crippen MR) is 166 cm³/mol. The Bertz CT molecular complexity index is 1080. The molecule has 2 rings (SSSR count). The summed E-state index contributed by atoms with van der Waals surface area (Å²) in [6.45, 7) is 25.2.